The molecule has 24 heavy (non-hydrogen) atoms. The molecule has 0 saturated carbocycles. The van der Waals surface area contributed by atoms with Crippen LogP contribution in [-0.2, 0) is 20.0 Å². The van der Waals surface area contributed by atoms with Gasteiger partial charge in [-0.2, -0.15) is 4.31 Å². The van der Waals surface area contributed by atoms with E-state index >= 15 is 0 Å². The van der Waals surface area contributed by atoms with Gasteiger partial charge < -0.3 is 9.47 Å². The molecule has 10 heteroatoms. The summed E-state index contributed by atoms with van der Waals surface area (Å²) in [7, 11) is -7.23. The van der Waals surface area contributed by atoms with Crippen molar-refractivity contribution in [2.24, 2.45) is 0 Å². The van der Waals surface area contributed by atoms with Gasteiger partial charge in [-0.25, -0.2) is 21.6 Å². The van der Waals surface area contributed by atoms with Crippen LogP contribution in [0.4, 0.5) is 0 Å². The van der Waals surface area contributed by atoms with Crippen molar-refractivity contribution < 1.29 is 26.3 Å². The molecule has 0 spiro atoms. The molecule has 8 nitrogen and oxygen atoms in total. The molecular formula is C14H22N2O6S2. The SMILES string of the molecule is CC(C)(C)N(CCNS(=O)(=O)c1ccc2c(c1)OCO2)S(C)(=O)=O. The zero-order chi connectivity index (χ0) is 18.2. The van der Waals surface area contributed by atoms with Gasteiger partial charge in [-0.1, -0.05) is 0 Å². The number of rotatable bonds is 6. The number of nitrogens with zero attached hydrogens (tertiary/aromatic N) is 1. The van der Waals surface area contributed by atoms with Crippen LogP contribution in [0.25, 0.3) is 0 Å². The lowest BCUT2D eigenvalue weighted by Crippen LogP contribution is -2.48. The Labute approximate surface area is 142 Å². The Kier molecular flexibility index (Phi) is 5.14. The number of fused-ring (bicyclic) bond motifs is 1. The lowest BCUT2D eigenvalue weighted by Gasteiger charge is -2.33. The number of ether oxygens (including phenoxy) is 2. The van der Waals surface area contributed by atoms with Crippen LogP contribution in [0.1, 0.15) is 20.8 Å². The highest BCUT2D eigenvalue weighted by Crippen LogP contribution is 2.33. The largest absolute Gasteiger partial charge is 0.454 e. The number of sulfonamides is 2. The zero-order valence-electron chi connectivity index (χ0n) is 14.1. The molecule has 0 atom stereocenters. The molecule has 1 aliphatic heterocycles. The minimum Gasteiger partial charge on any atom is -0.454 e. The summed E-state index contributed by atoms with van der Waals surface area (Å²) in [6, 6.07) is 4.31. The van der Waals surface area contributed by atoms with Crippen molar-refractivity contribution in [3.63, 3.8) is 0 Å². The van der Waals surface area contributed by atoms with E-state index < -0.39 is 25.6 Å². The van der Waals surface area contributed by atoms with Gasteiger partial charge in [0, 0.05) is 24.7 Å². The monoisotopic (exact) mass is 378 g/mol. The zero-order valence-corrected chi connectivity index (χ0v) is 15.7. The van der Waals surface area contributed by atoms with E-state index in [1.807, 2.05) is 0 Å². The van der Waals surface area contributed by atoms with Gasteiger partial charge in [0.05, 0.1) is 11.2 Å². The molecule has 1 aromatic carbocycles. The van der Waals surface area contributed by atoms with Crippen LogP contribution in [0.2, 0.25) is 0 Å². The fourth-order valence-electron chi connectivity index (χ4n) is 2.41. The Hall–Kier alpha value is -1.36. The van der Waals surface area contributed by atoms with E-state index in [1.54, 1.807) is 20.8 Å². The van der Waals surface area contributed by atoms with Crippen molar-refractivity contribution in [1.82, 2.24) is 9.03 Å². The molecule has 136 valence electrons. The molecule has 1 aromatic rings. The van der Waals surface area contributed by atoms with Crippen LogP contribution < -0.4 is 14.2 Å². The summed E-state index contributed by atoms with van der Waals surface area (Å²) in [5, 5.41) is 0. The summed E-state index contributed by atoms with van der Waals surface area (Å²) in [6.07, 6.45) is 1.10. The molecule has 0 fully saturated rings. The Bertz CT molecular complexity index is 812. The maximum Gasteiger partial charge on any atom is 0.240 e. The molecule has 0 aliphatic carbocycles. The first-order valence-electron chi connectivity index (χ1n) is 7.28. The smallest absolute Gasteiger partial charge is 0.240 e. The molecular weight excluding hydrogens is 356 g/mol. The third-order valence-corrected chi connectivity index (χ3v) is 6.40. The van der Waals surface area contributed by atoms with Crippen molar-refractivity contribution in [2.45, 2.75) is 31.2 Å². The highest BCUT2D eigenvalue weighted by molar-refractivity contribution is 7.89. The number of nitrogens with one attached hydrogen (secondary N) is 1. The molecule has 1 aliphatic rings. The molecule has 0 unspecified atom stereocenters. The lowest BCUT2D eigenvalue weighted by molar-refractivity contribution is 0.174. The van der Waals surface area contributed by atoms with E-state index in [0.717, 1.165) is 6.26 Å². The Morgan fingerprint density at radius 3 is 2.33 bits per heavy atom. The number of benzene rings is 1. The van der Waals surface area contributed by atoms with Gasteiger partial charge in [-0.15, -0.1) is 0 Å². The van der Waals surface area contributed by atoms with Crippen LogP contribution in [0.3, 0.4) is 0 Å². The molecule has 0 amide bonds. The van der Waals surface area contributed by atoms with Crippen LogP contribution in [-0.4, -0.2) is 52.8 Å². The predicted molar refractivity (Wildman–Crippen MR) is 89.1 cm³/mol. The van der Waals surface area contributed by atoms with E-state index in [1.165, 1.54) is 22.5 Å². The number of hydrogen-bond donors (Lipinski definition) is 1. The first-order valence-corrected chi connectivity index (χ1v) is 10.6. The van der Waals surface area contributed by atoms with Crippen LogP contribution in [0, 0.1) is 0 Å². The van der Waals surface area contributed by atoms with E-state index in [9.17, 15) is 16.8 Å². The van der Waals surface area contributed by atoms with E-state index in [2.05, 4.69) is 4.72 Å². The van der Waals surface area contributed by atoms with Gasteiger partial charge in [-0.3, -0.25) is 0 Å². The first-order chi connectivity index (χ1) is 10.9. The summed E-state index contributed by atoms with van der Waals surface area (Å²) in [5.41, 5.74) is -0.641. The van der Waals surface area contributed by atoms with E-state index in [-0.39, 0.29) is 24.8 Å². The van der Waals surface area contributed by atoms with Gasteiger partial charge in [0.15, 0.2) is 11.5 Å². The second-order valence-electron chi connectivity index (χ2n) is 6.42. The summed E-state index contributed by atoms with van der Waals surface area (Å²) >= 11 is 0. The second kappa shape index (κ2) is 6.51. The summed E-state index contributed by atoms with van der Waals surface area (Å²) in [6.45, 7) is 5.30. The van der Waals surface area contributed by atoms with Crippen molar-refractivity contribution >= 4 is 20.0 Å². The van der Waals surface area contributed by atoms with Gasteiger partial charge in [-0.05, 0) is 32.9 Å². The average Bonchev–Trinajstić information content (AvgIpc) is 2.88. The highest BCUT2D eigenvalue weighted by atomic mass is 32.2. The predicted octanol–water partition coefficient (Wildman–Crippen LogP) is 0.754. The first kappa shape index (κ1) is 19.0. The van der Waals surface area contributed by atoms with Crippen LogP contribution >= 0.6 is 0 Å². The van der Waals surface area contributed by atoms with Gasteiger partial charge in [0.25, 0.3) is 0 Å². The van der Waals surface area contributed by atoms with Crippen molar-refractivity contribution in [1.29, 1.82) is 0 Å². The molecule has 1 N–H and O–H groups in total. The molecule has 2 rings (SSSR count). The second-order valence-corrected chi connectivity index (χ2v) is 10.1. The van der Waals surface area contributed by atoms with Crippen LogP contribution in [0.15, 0.2) is 23.1 Å². The van der Waals surface area contributed by atoms with Gasteiger partial charge >= 0.3 is 0 Å². The third kappa shape index (κ3) is 4.38. The minimum absolute atomic E-state index is 0.0338. The maximum atomic E-state index is 12.3. The van der Waals surface area contributed by atoms with Gasteiger partial charge in [0.2, 0.25) is 26.8 Å². The van der Waals surface area contributed by atoms with Crippen molar-refractivity contribution in [3.05, 3.63) is 18.2 Å². The van der Waals surface area contributed by atoms with Crippen molar-refractivity contribution in [3.8, 4) is 11.5 Å². The maximum absolute atomic E-state index is 12.3. The fourth-order valence-corrected chi connectivity index (χ4v) is 4.86. The number of hydrogen-bond acceptors (Lipinski definition) is 6. The molecule has 0 aromatic heterocycles. The summed E-state index contributed by atoms with van der Waals surface area (Å²) in [4.78, 5) is 0.0356. The molecule has 0 radical (unpaired) electrons. The Morgan fingerprint density at radius 2 is 1.75 bits per heavy atom. The average molecular weight is 378 g/mol. The summed E-state index contributed by atoms with van der Waals surface area (Å²) in [5.74, 6) is 0.857. The fraction of sp³-hybridized carbons (Fsp3) is 0.571. The van der Waals surface area contributed by atoms with E-state index in [4.69, 9.17) is 9.47 Å². The Morgan fingerprint density at radius 1 is 1.12 bits per heavy atom. The minimum atomic E-state index is -3.78. The standard InChI is InChI=1S/C14H22N2O6S2/c1-14(2,3)16(23(4,17)18)8-7-15-24(19,20)11-5-6-12-13(9-11)22-10-21-12/h5-6,9,15H,7-8,10H2,1-4H3. The normalized spacial score (nSPS) is 15.0. The van der Waals surface area contributed by atoms with Crippen molar-refractivity contribution in [2.75, 3.05) is 26.1 Å². The van der Waals surface area contributed by atoms with Gasteiger partial charge in [0.1, 0.15) is 0 Å². The lowest BCUT2D eigenvalue weighted by atomic mass is 10.1. The quantitative estimate of drug-likeness (QED) is 0.784. The topological polar surface area (TPSA) is 102 Å². The Balaban J connectivity index is 2.08. The highest BCUT2D eigenvalue weighted by Gasteiger charge is 2.29. The van der Waals surface area contributed by atoms with E-state index in [0.29, 0.717) is 11.5 Å². The third-order valence-electron chi connectivity index (χ3n) is 3.41. The molecule has 1 heterocycles. The molecule has 0 saturated heterocycles. The molecule has 0 bridgehead atoms. The van der Waals surface area contributed by atoms with Crippen LogP contribution in [0.5, 0.6) is 11.5 Å². The summed E-state index contributed by atoms with van der Waals surface area (Å²) < 4.78 is 62.3.